The minimum absolute atomic E-state index is 0.0328. The molecule has 1 atom stereocenters. The van der Waals surface area contributed by atoms with Crippen LogP contribution in [-0.4, -0.2) is 28.1 Å². The molecule has 0 radical (unpaired) electrons. The summed E-state index contributed by atoms with van der Waals surface area (Å²) < 4.78 is 26.9. The van der Waals surface area contributed by atoms with E-state index < -0.39 is 10.0 Å². The summed E-state index contributed by atoms with van der Waals surface area (Å²) in [6.07, 6.45) is 2.10. The third-order valence-corrected chi connectivity index (χ3v) is 5.28. The topological polar surface area (TPSA) is 58.2 Å². The van der Waals surface area contributed by atoms with E-state index in [-0.39, 0.29) is 9.92 Å². The lowest BCUT2D eigenvalue weighted by Gasteiger charge is -2.22. The van der Waals surface area contributed by atoms with E-state index in [2.05, 4.69) is 10.0 Å². The van der Waals surface area contributed by atoms with Gasteiger partial charge in [0.1, 0.15) is 4.90 Å². The fourth-order valence-electron chi connectivity index (χ4n) is 2.09. The Morgan fingerprint density at radius 1 is 1.37 bits per heavy atom. The first-order chi connectivity index (χ1) is 8.99. The van der Waals surface area contributed by atoms with Gasteiger partial charge in [0.05, 0.1) is 5.02 Å². The maximum atomic E-state index is 12.2. The van der Waals surface area contributed by atoms with E-state index in [4.69, 9.17) is 23.2 Å². The number of sulfonamides is 1. The number of halogens is 2. The second-order valence-corrected chi connectivity index (χ2v) is 7.22. The molecule has 1 saturated heterocycles. The van der Waals surface area contributed by atoms with Gasteiger partial charge in [0.25, 0.3) is 0 Å². The average Bonchev–Trinajstić information content (AvgIpc) is 2.40. The fraction of sp³-hybridized carbons (Fsp3) is 0.500. The van der Waals surface area contributed by atoms with Crippen molar-refractivity contribution in [2.45, 2.75) is 17.7 Å². The molecule has 2 rings (SSSR count). The Kier molecular flexibility index (Phi) is 5.09. The summed E-state index contributed by atoms with van der Waals surface area (Å²) in [5.74, 6) is 0.321. The van der Waals surface area contributed by atoms with Crippen molar-refractivity contribution in [3.63, 3.8) is 0 Å². The predicted octanol–water partition coefficient (Wildman–Crippen LogP) is 2.27. The number of benzene rings is 1. The number of hydrogen-bond donors (Lipinski definition) is 2. The van der Waals surface area contributed by atoms with Gasteiger partial charge in [-0.15, -0.1) is 0 Å². The highest BCUT2D eigenvalue weighted by atomic mass is 35.5. The standard InChI is InChI=1S/C12H16Cl2N2O2S/c13-10-3-4-11(14)12(6-10)19(17,18)16-8-9-2-1-5-15-7-9/h3-4,6,9,15-16H,1-2,5,7-8H2/t9-/m0/s1. The fourth-order valence-corrected chi connectivity index (χ4v) is 3.96. The lowest BCUT2D eigenvalue weighted by molar-refractivity contribution is 0.376. The van der Waals surface area contributed by atoms with Crippen molar-refractivity contribution in [1.29, 1.82) is 0 Å². The van der Waals surface area contributed by atoms with Crippen molar-refractivity contribution in [2.75, 3.05) is 19.6 Å². The lowest BCUT2D eigenvalue weighted by atomic mass is 10.0. The molecule has 1 aromatic rings. The molecule has 0 aliphatic carbocycles. The molecule has 106 valence electrons. The smallest absolute Gasteiger partial charge is 0.242 e. The van der Waals surface area contributed by atoms with Crippen LogP contribution in [0.15, 0.2) is 23.1 Å². The summed E-state index contributed by atoms with van der Waals surface area (Å²) >= 11 is 11.7. The minimum Gasteiger partial charge on any atom is -0.316 e. The molecule has 1 aromatic carbocycles. The molecule has 2 N–H and O–H groups in total. The zero-order chi connectivity index (χ0) is 13.9. The molecular weight excluding hydrogens is 307 g/mol. The predicted molar refractivity (Wildman–Crippen MR) is 77.2 cm³/mol. The first-order valence-electron chi connectivity index (χ1n) is 6.14. The van der Waals surface area contributed by atoms with E-state index >= 15 is 0 Å². The van der Waals surface area contributed by atoms with Crippen LogP contribution in [-0.2, 0) is 10.0 Å². The number of hydrogen-bond acceptors (Lipinski definition) is 3. The molecule has 0 saturated carbocycles. The van der Waals surface area contributed by atoms with E-state index in [1.807, 2.05) is 0 Å². The van der Waals surface area contributed by atoms with Crippen LogP contribution >= 0.6 is 23.2 Å². The monoisotopic (exact) mass is 322 g/mol. The summed E-state index contributed by atoms with van der Waals surface area (Å²) in [6, 6.07) is 4.42. The van der Waals surface area contributed by atoms with Crippen LogP contribution in [0.1, 0.15) is 12.8 Å². The normalized spacial score (nSPS) is 20.4. The Hall–Kier alpha value is -0.330. The van der Waals surface area contributed by atoms with Gasteiger partial charge in [-0.2, -0.15) is 0 Å². The molecule has 1 fully saturated rings. The van der Waals surface area contributed by atoms with Crippen LogP contribution in [0.4, 0.5) is 0 Å². The quantitative estimate of drug-likeness (QED) is 0.894. The van der Waals surface area contributed by atoms with Crippen LogP contribution in [0.2, 0.25) is 10.0 Å². The van der Waals surface area contributed by atoms with Gasteiger partial charge < -0.3 is 5.32 Å². The van der Waals surface area contributed by atoms with Crippen LogP contribution in [0.3, 0.4) is 0 Å². The van der Waals surface area contributed by atoms with E-state index in [0.29, 0.717) is 17.5 Å². The van der Waals surface area contributed by atoms with Crippen molar-refractivity contribution in [1.82, 2.24) is 10.0 Å². The maximum Gasteiger partial charge on any atom is 0.242 e. The molecule has 1 aliphatic rings. The molecule has 7 heteroatoms. The number of nitrogens with one attached hydrogen (secondary N) is 2. The Morgan fingerprint density at radius 3 is 2.84 bits per heavy atom. The SMILES string of the molecule is O=S(=O)(NC[C@H]1CCCNC1)c1cc(Cl)ccc1Cl. The highest BCUT2D eigenvalue weighted by Gasteiger charge is 2.21. The molecule has 19 heavy (non-hydrogen) atoms. The van der Waals surface area contributed by atoms with E-state index in [9.17, 15) is 8.42 Å². The summed E-state index contributed by atoms with van der Waals surface area (Å²) in [5, 5.41) is 3.78. The van der Waals surface area contributed by atoms with Crippen LogP contribution in [0, 0.1) is 5.92 Å². The van der Waals surface area contributed by atoms with Crippen molar-refractivity contribution in [2.24, 2.45) is 5.92 Å². The van der Waals surface area contributed by atoms with Crippen LogP contribution in [0.5, 0.6) is 0 Å². The van der Waals surface area contributed by atoms with Gasteiger partial charge >= 0.3 is 0 Å². The maximum absolute atomic E-state index is 12.2. The molecule has 0 aromatic heterocycles. The van der Waals surface area contributed by atoms with E-state index in [0.717, 1.165) is 25.9 Å². The van der Waals surface area contributed by atoms with Gasteiger partial charge in [0.2, 0.25) is 10.0 Å². The van der Waals surface area contributed by atoms with Crippen molar-refractivity contribution >= 4 is 33.2 Å². The zero-order valence-corrected chi connectivity index (χ0v) is 12.7. The van der Waals surface area contributed by atoms with Gasteiger partial charge in [0.15, 0.2) is 0 Å². The highest BCUT2D eigenvalue weighted by Crippen LogP contribution is 2.25. The second-order valence-electron chi connectivity index (χ2n) is 4.64. The molecule has 0 spiro atoms. The molecule has 0 bridgehead atoms. The Morgan fingerprint density at radius 2 is 2.16 bits per heavy atom. The van der Waals surface area contributed by atoms with Gasteiger partial charge in [-0.3, -0.25) is 0 Å². The van der Waals surface area contributed by atoms with E-state index in [1.54, 1.807) is 6.07 Å². The Balaban J connectivity index is 2.07. The van der Waals surface area contributed by atoms with Crippen molar-refractivity contribution in [3.8, 4) is 0 Å². The van der Waals surface area contributed by atoms with Crippen molar-refractivity contribution in [3.05, 3.63) is 28.2 Å². The van der Waals surface area contributed by atoms with Crippen LogP contribution in [0.25, 0.3) is 0 Å². The Bertz CT molecular complexity index is 543. The van der Waals surface area contributed by atoms with Crippen LogP contribution < -0.4 is 10.0 Å². The molecule has 0 unspecified atom stereocenters. The summed E-state index contributed by atoms with van der Waals surface area (Å²) in [5.41, 5.74) is 0. The summed E-state index contributed by atoms with van der Waals surface area (Å²) in [7, 11) is -3.61. The summed E-state index contributed by atoms with van der Waals surface area (Å²) in [4.78, 5) is 0.0328. The molecule has 1 heterocycles. The molecule has 1 aliphatic heterocycles. The number of piperidine rings is 1. The largest absolute Gasteiger partial charge is 0.316 e. The lowest BCUT2D eigenvalue weighted by Crippen LogP contribution is -2.38. The van der Waals surface area contributed by atoms with Gasteiger partial charge in [-0.1, -0.05) is 23.2 Å². The summed E-state index contributed by atoms with van der Waals surface area (Å²) in [6.45, 7) is 2.26. The van der Waals surface area contributed by atoms with Crippen molar-refractivity contribution < 1.29 is 8.42 Å². The average molecular weight is 323 g/mol. The number of rotatable bonds is 4. The molecular formula is C12H16Cl2N2O2S. The third-order valence-electron chi connectivity index (χ3n) is 3.14. The van der Waals surface area contributed by atoms with E-state index in [1.165, 1.54) is 12.1 Å². The highest BCUT2D eigenvalue weighted by molar-refractivity contribution is 7.89. The second kappa shape index (κ2) is 6.41. The molecule has 4 nitrogen and oxygen atoms in total. The van der Waals surface area contributed by atoms with Gasteiger partial charge in [0, 0.05) is 11.6 Å². The first kappa shape index (κ1) is 15.1. The minimum atomic E-state index is -3.61. The zero-order valence-electron chi connectivity index (χ0n) is 10.3. The molecule has 0 amide bonds. The first-order valence-corrected chi connectivity index (χ1v) is 8.38. The Labute approximate surface area is 123 Å². The van der Waals surface area contributed by atoms with Gasteiger partial charge in [-0.05, 0) is 50.0 Å². The van der Waals surface area contributed by atoms with Gasteiger partial charge in [-0.25, -0.2) is 13.1 Å². The third kappa shape index (κ3) is 4.07.